The van der Waals surface area contributed by atoms with E-state index in [1.165, 1.54) is 0 Å². The summed E-state index contributed by atoms with van der Waals surface area (Å²) in [5.74, 6) is -2.48. The smallest absolute Gasteiger partial charge is 0.248 e. The molecule has 116 valence electrons. The summed E-state index contributed by atoms with van der Waals surface area (Å²) in [7, 11) is 0. The zero-order valence-electron chi connectivity index (χ0n) is 12.7. The monoisotopic (exact) mass is 302 g/mol. The van der Waals surface area contributed by atoms with E-state index in [4.69, 9.17) is 0 Å². The van der Waals surface area contributed by atoms with E-state index in [0.717, 1.165) is 28.8 Å². The molecular weight excluding hydrogens is 282 g/mol. The lowest BCUT2D eigenvalue weighted by Crippen LogP contribution is -2.20. The third kappa shape index (κ3) is 3.43. The van der Waals surface area contributed by atoms with Gasteiger partial charge in [0.15, 0.2) is 0 Å². The minimum Gasteiger partial charge on any atom is -0.272 e. The molecule has 0 bridgehead atoms. The lowest BCUT2D eigenvalue weighted by molar-refractivity contribution is -0.0243. The zero-order chi connectivity index (χ0) is 15.6. The first-order valence-corrected chi connectivity index (χ1v) is 7.76. The predicted octanol–water partition coefficient (Wildman–Crippen LogP) is 5.16. The van der Waals surface area contributed by atoms with Crippen molar-refractivity contribution >= 4 is 6.08 Å². The van der Waals surface area contributed by atoms with Gasteiger partial charge in [-0.05, 0) is 37.0 Å². The standard InChI is InChI=1S/C18H20F2N2/c1-2-22-13-17(12-21-22)16-5-3-4-15(11-16)10-14-6-8-18(19,20)9-7-14/h3-5,10-13H,2,6-9H2,1H3. The number of benzene rings is 1. The molecule has 1 fully saturated rings. The molecular formula is C18H20F2N2. The van der Waals surface area contributed by atoms with Gasteiger partial charge in [-0.1, -0.05) is 29.8 Å². The third-order valence-electron chi connectivity index (χ3n) is 4.17. The van der Waals surface area contributed by atoms with Crippen molar-refractivity contribution in [3.8, 4) is 11.1 Å². The quantitative estimate of drug-likeness (QED) is 0.765. The average Bonchev–Trinajstić information content (AvgIpc) is 2.99. The van der Waals surface area contributed by atoms with Gasteiger partial charge in [0.1, 0.15) is 0 Å². The molecule has 1 aromatic carbocycles. The topological polar surface area (TPSA) is 17.8 Å². The number of hydrogen-bond donors (Lipinski definition) is 0. The van der Waals surface area contributed by atoms with Gasteiger partial charge in [-0.3, -0.25) is 4.68 Å². The number of alkyl halides is 2. The van der Waals surface area contributed by atoms with Crippen molar-refractivity contribution in [3.63, 3.8) is 0 Å². The van der Waals surface area contributed by atoms with E-state index in [1.807, 2.05) is 35.3 Å². The molecule has 0 spiro atoms. The Balaban J connectivity index is 1.79. The van der Waals surface area contributed by atoms with Gasteiger partial charge in [0, 0.05) is 31.1 Å². The summed E-state index contributed by atoms with van der Waals surface area (Å²) in [6, 6.07) is 8.17. The van der Waals surface area contributed by atoms with Crippen molar-refractivity contribution in [1.29, 1.82) is 0 Å². The SMILES string of the molecule is CCn1cc(-c2cccc(C=C3CCC(F)(F)CC3)c2)cn1. The Morgan fingerprint density at radius 3 is 2.68 bits per heavy atom. The molecule has 3 rings (SSSR count). The van der Waals surface area contributed by atoms with Crippen molar-refractivity contribution in [2.75, 3.05) is 0 Å². The number of aryl methyl sites for hydroxylation is 1. The molecule has 1 aliphatic rings. The molecule has 22 heavy (non-hydrogen) atoms. The fourth-order valence-electron chi connectivity index (χ4n) is 2.81. The number of aromatic nitrogens is 2. The summed E-state index contributed by atoms with van der Waals surface area (Å²) in [5, 5.41) is 4.29. The van der Waals surface area contributed by atoms with Gasteiger partial charge in [-0.25, -0.2) is 8.78 Å². The van der Waals surface area contributed by atoms with Crippen LogP contribution in [0.2, 0.25) is 0 Å². The fourth-order valence-corrected chi connectivity index (χ4v) is 2.81. The van der Waals surface area contributed by atoms with Gasteiger partial charge in [-0.15, -0.1) is 0 Å². The molecule has 1 saturated carbocycles. The first-order valence-electron chi connectivity index (χ1n) is 7.76. The Kier molecular flexibility index (Phi) is 4.10. The summed E-state index contributed by atoms with van der Waals surface area (Å²) in [5.41, 5.74) is 4.38. The summed E-state index contributed by atoms with van der Waals surface area (Å²) in [6.45, 7) is 2.90. The van der Waals surface area contributed by atoms with Gasteiger partial charge in [-0.2, -0.15) is 5.10 Å². The molecule has 0 saturated heterocycles. The summed E-state index contributed by atoms with van der Waals surface area (Å²) >= 11 is 0. The van der Waals surface area contributed by atoms with E-state index in [1.54, 1.807) is 0 Å². The van der Waals surface area contributed by atoms with E-state index in [2.05, 4.69) is 24.2 Å². The van der Waals surface area contributed by atoms with Crippen LogP contribution in [0.5, 0.6) is 0 Å². The Hall–Kier alpha value is -1.97. The molecule has 0 radical (unpaired) electrons. The maximum Gasteiger partial charge on any atom is 0.248 e. The highest BCUT2D eigenvalue weighted by molar-refractivity contribution is 5.67. The minimum absolute atomic E-state index is 0.0260. The summed E-state index contributed by atoms with van der Waals surface area (Å²) < 4.78 is 28.3. The molecule has 0 amide bonds. The maximum atomic E-state index is 13.2. The Morgan fingerprint density at radius 2 is 2.00 bits per heavy atom. The van der Waals surface area contributed by atoms with Gasteiger partial charge in [0.2, 0.25) is 5.92 Å². The fraction of sp³-hybridized carbons (Fsp3) is 0.389. The molecule has 0 unspecified atom stereocenters. The largest absolute Gasteiger partial charge is 0.272 e. The van der Waals surface area contributed by atoms with Crippen LogP contribution in [-0.2, 0) is 6.54 Å². The Morgan fingerprint density at radius 1 is 1.23 bits per heavy atom. The zero-order valence-corrected chi connectivity index (χ0v) is 12.7. The number of allylic oxidation sites excluding steroid dienone is 1. The van der Waals surface area contributed by atoms with Crippen LogP contribution in [0.25, 0.3) is 17.2 Å². The minimum atomic E-state index is -2.48. The first kappa shape index (κ1) is 14.9. The lowest BCUT2D eigenvalue weighted by atomic mass is 9.90. The van der Waals surface area contributed by atoms with Crippen molar-refractivity contribution in [1.82, 2.24) is 9.78 Å². The highest BCUT2D eigenvalue weighted by Crippen LogP contribution is 2.36. The van der Waals surface area contributed by atoms with Crippen LogP contribution in [0.1, 0.15) is 38.2 Å². The number of rotatable bonds is 3. The molecule has 1 aromatic heterocycles. The molecule has 0 aliphatic heterocycles. The molecule has 0 atom stereocenters. The predicted molar refractivity (Wildman–Crippen MR) is 84.7 cm³/mol. The highest BCUT2D eigenvalue weighted by atomic mass is 19.3. The van der Waals surface area contributed by atoms with Gasteiger partial charge >= 0.3 is 0 Å². The maximum absolute atomic E-state index is 13.2. The Bertz CT molecular complexity index is 674. The van der Waals surface area contributed by atoms with Crippen LogP contribution >= 0.6 is 0 Å². The number of halogens is 2. The van der Waals surface area contributed by atoms with Crippen LogP contribution in [0.3, 0.4) is 0 Å². The first-order chi connectivity index (χ1) is 10.6. The van der Waals surface area contributed by atoms with Gasteiger partial charge < -0.3 is 0 Å². The number of hydrogen-bond acceptors (Lipinski definition) is 1. The van der Waals surface area contributed by atoms with E-state index < -0.39 is 5.92 Å². The van der Waals surface area contributed by atoms with E-state index >= 15 is 0 Å². The summed E-state index contributed by atoms with van der Waals surface area (Å²) in [4.78, 5) is 0. The molecule has 2 nitrogen and oxygen atoms in total. The second-order valence-corrected chi connectivity index (χ2v) is 5.87. The van der Waals surface area contributed by atoms with Crippen molar-refractivity contribution in [2.45, 2.75) is 45.1 Å². The molecule has 1 aliphatic carbocycles. The van der Waals surface area contributed by atoms with Crippen molar-refractivity contribution in [2.24, 2.45) is 0 Å². The van der Waals surface area contributed by atoms with Crippen LogP contribution < -0.4 is 0 Å². The van der Waals surface area contributed by atoms with Gasteiger partial charge in [0.25, 0.3) is 0 Å². The highest BCUT2D eigenvalue weighted by Gasteiger charge is 2.32. The molecule has 1 heterocycles. The van der Waals surface area contributed by atoms with Crippen LogP contribution in [-0.4, -0.2) is 15.7 Å². The molecule has 0 N–H and O–H groups in total. The van der Waals surface area contributed by atoms with Crippen molar-refractivity contribution in [3.05, 3.63) is 47.8 Å². The number of nitrogens with zero attached hydrogens (tertiary/aromatic N) is 2. The summed E-state index contributed by atoms with van der Waals surface area (Å²) in [6.07, 6.45) is 6.87. The Labute approximate surface area is 129 Å². The van der Waals surface area contributed by atoms with Crippen molar-refractivity contribution < 1.29 is 8.78 Å². The van der Waals surface area contributed by atoms with E-state index in [9.17, 15) is 8.78 Å². The molecule has 2 aromatic rings. The third-order valence-corrected chi connectivity index (χ3v) is 4.17. The lowest BCUT2D eigenvalue weighted by Gasteiger charge is -2.23. The molecule has 4 heteroatoms. The van der Waals surface area contributed by atoms with Crippen LogP contribution in [0.4, 0.5) is 8.78 Å². The van der Waals surface area contributed by atoms with Crippen LogP contribution in [0.15, 0.2) is 42.2 Å². The van der Waals surface area contributed by atoms with E-state index in [-0.39, 0.29) is 12.8 Å². The van der Waals surface area contributed by atoms with Gasteiger partial charge in [0.05, 0.1) is 6.20 Å². The van der Waals surface area contributed by atoms with E-state index in [0.29, 0.717) is 12.8 Å². The normalized spacial score (nSPS) is 17.5. The average molecular weight is 302 g/mol. The second kappa shape index (κ2) is 6.03. The second-order valence-electron chi connectivity index (χ2n) is 5.87. The van der Waals surface area contributed by atoms with Crippen LogP contribution in [0, 0.1) is 0 Å².